The van der Waals surface area contributed by atoms with Gasteiger partial charge in [0, 0.05) is 34.5 Å². The van der Waals surface area contributed by atoms with Crippen LogP contribution in [-0.4, -0.2) is 45.2 Å². The van der Waals surface area contributed by atoms with E-state index in [1.54, 1.807) is 6.92 Å². The van der Waals surface area contributed by atoms with Gasteiger partial charge in [0.25, 0.3) is 0 Å². The van der Waals surface area contributed by atoms with Crippen LogP contribution in [0.5, 0.6) is 0 Å². The largest absolute Gasteiger partial charge is 0.468 e. The van der Waals surface area contributed by atoms with Crippen molar-refractivity contribution in [2.75, 3.05) is 27.4 Å². The molecule has 1 aliphatic carbocycles. The molecule has 8 heteroatoms. The predicted octanol–water partition coefficient (Wildman–Crippen LogP) is 3.25. The number of hydrogen-bond donors (Lipinski definition) is 1. The third-order valence-electron chi connectivity index (χ3n) is 5.67. The summed E-state index contributed by atoms with van der Waals surface area (Å²) in [6.07, 6.45) is 0.495. The van der Waals surface area contributed by atoms with Crippen molar-refractivity contribution >= 4 is 33.7 Å². The Morgan fingerprint density at radius 1 is 1.23 bits per heavy atom. The first-order chi connectivity index (χ1) is 14.8. The molecule has 166 valence electrons. The fraction of sp³-hybridized carbons (Fsp3) is 0.435. The van der Waals surface area contributed by atoms with E-state index in [4.69, 9.17) is 14.2 Å². The Hall–Kier alpha value is -2.45. The molecule has 3 atom stereocenters. The van der Waals surface area contributed by atoms with E-state index in [0.717, 1.165) is 15.7 Å². The molecule has 31 heavy (non-hydrogen) atoms. The Morgan fingerprint density at radius 2 is 1.97 bits per heavy atom. The Morgan fingerprint density at radius 3 is 2.61 bits per heavy atom. The summed E-state index contributed by atoms with van der Waals surface area (Å²) in [6.45, 7) is 4.01. The lowest BCUT2D eigenvalue weighted by Crippen LogP contribution is -2.43. The normalized spacial score (nSPS) is 23.3. The number of rotatable bonds is 6. The number of carbonyl (C=O) groups is 3. The zero-order valence-corrected chi connectivity index (χ0v) is 19.6. The topological polar surface area (TPSA) is 90.9 Å². The molecule has 0 unspecified atom stereocenters. The lowest BCUT2D eigenvalue weighted by Gasteiger charge is -2.38. The molecular formula is C23H26BrNO6. The molecule has 0 bridgehead atoms. The molecule has 1 aromatic rings. The summed E-state index contributed by atoms with van der Waals surface area (Å²) in [5.74, 6) is -3.21. The van der Waals surface area contributed by atoms with Crippen molar-refractivity contribution in [2.45, 2.75) is 26.2 Å². The molecule has 0 spiro atoms. The van der Waals surface area contributed by atoms with Gasteiger partial charge in [0.1, 0.15) is 12.5 Å². The van der Waals surface area contributed by atoms with E-state index in [1.165, 1.54) is 14.2 Å². The van der Waals surface area contributed by atoms with Gasteiger partial charge in [0.2, 0.25) is 0 Å². The number of ether oxygens (including phenoxy) is 3. The summed E-state index contributed by atoms with van der Waals surface area (Å²) >= 11 is 3.47. The molecule has 0 saturated carbocycles. The van der Waals surface area contributed by atoms with Gasteiger partial charge in [-0.25, -0.2) is 4.79 Å². The maximum absolute atomic E-state index is 13.6. The standard InChI is InChI=1S/C23H26BrNO6/c1-12-10-16-20(21(26)17(12)22(27)30-4)19(14-6-5-7-15(24)11-14)18(13(2)25-16)23(28)31-9-8-29-3/h5-7,11-12,17,19,25H,8-10H2,1-4H3/t12-,17-,19+/m0/s1. The number of esters is 2. The molecule has 7 nitrogen and oxygen atoms in total. The third kappa shape index (κ3) is 4.60. The highest BCUT2D eigenvalue weighted by molar-refractivity contribution is 9.10. The molecule has 1 aliphatic heterocycles. The van der Waals surface area contributed by atoms with Gasteiger partial charge < -0.3 is 19.5 Å². The van der Waals surface area contributed by atoms with Gasteiger partial charge in [0.15, 0.2) is 5.78 Å². The summed E-state index contributed by atoms with van der Waals surface area (Å²) in [5.41, 5.74) is 2.87. The molecule has 0 fully saturated rings. The van der Waals surface area contributed by atoms with Crippen LogP contribution in [0, 0.1) is 11.8 Å². The minimum Gasteiger partial charge on any atom is -0.468 e. The highest BCUT2D eigenvalue weighted by Gasteiger charge is 2.47. The summed E-state index contributed by atoms with van der Waals surface area (Å²) in [4.78, 5) is 39.0. The van der Waals surface area contributed by atoms with Gasteiger partial charge >= 0.3 is 11.9 Å². The number of hydrogen-bond acceptors (Lipinski definition) is 7. The number of halogens is 1. The monoisotopic (exact) mass is 491 g/mol. The Balaban J connectivity index is 2.12. The maximum atomic E-state index is 13.6. The smallest absolute Gasteiger partial charge is 0.336 e. The SMILES string of the molecule is COCCOC(=O)C1=C(C)NC2=C(C(=O)[C@@H](C(=O)OC)[C@@H](C)C2)[C@@H]1c1cccc(Br)c1. The van der Waals surface area contributed by atoms with Crippen LogP contribution in [0.2, 0.25) is 0 Å². The molecular weight excluding hydrogens is 466 g/mol. The number of benzene rings is 1. The number of carbonyl (C=O) groups excluding carboxylic acids is 3. The van der Waals surface area contributed by atoms with Gasteiger partial charge in [-0.2, -0.15) is 0 Å². The van der Waals surface area contributed by atoms with Crippen LogP contribution in [0.4, 0.5) is 0 Å². The average Bonchev–Trinajstić information content (AvgIpc) is 2.72. The van der Waals surface area contributed by atoms with Gasteiger partial charge in [-0.15, -0.1) is 0 Å². The molecule has 1 N–H and O–H groups in total. The number of dihydropyridines is 1. The molecule has 1 aromatic carbocycles. The van der Waals surface area contributed by atoms with Crippen LogP contribution in [0.25, 0.3) is 0 Å². The van der Waals surface area contributed by atoms with E-state index in [0.29, 0.717) is 23.3 Å². The summed E-state index contributed by atoms with van der Waals surface area (Å²) < 4.78 is 16.1. The van der Waals surface area contributed by atoms with Gasteiger partial charge in [-0.05, 0) is 37.0 Å². The second-order valence-corrected chi connectivity index (χ2v) is 8.63. The minimum atomic E-state index is -0.913. The van der Waals surface area contributed by atoms with E-state index in [9.17, 15) is 14.4 Å². The van der Waals surface area contributed by atoms with Crippen LogP contribution >= 0.6 is 15.9 Å². The van der Waals surface area contributed by atoms with Crippen molar-refractivity contribution in [1.82, 2.24) is 5.32 Å². The van der Waals surface area contributed by atoms with Crippen LogP contribution in [0.3, 0.4) is 0 Å². The third-order valence-corrected chi connectivity index (χ3v) is 6.16. The quantitative estimate of drug-likeness (QED) is 0.371. The van der Waals surface area contributed by atoms with Crippen LogP contribution in [0.1, 0.15) is 31.7 Å². The Bertz CT molecular complexity index is 967. The molecule has 0 aromatic heterocycles. The lowest BCUT2D eigenvalue weighted by molar-refractivity contribution is -0.151. The lowest BCUT2D eigenvalue weighted by atomic mass is 9.69. The molecule has 2 aliphatic rings. The number of nitrogens with one attached hydrogen (secondary N) is 1. The van der Waals surface area contributed by atoms with E-state index in [2.05, 4.69) is 21.2 Å². The van der Waals surface area contributed by atoms with Crippen LogP contribution < -0.4 is 5.32 Å². The number of allylic oxidation sites excluding steroid dienone is 3. The van der Waals surface area contributed by atoms with Crippen molar-refractivity contribution < 1.29 is 28.6 Å². The number of ketones is 1. The van der Waals surface area contributed by atoms with E-state index in [-0.39, 0.29) is 24.9 Å². The van der Waals surface area contributed by atoms with Gasteiger partial charge in [-0.1, -0.05) is 35.0 Å². The summed E-state index contributed by atoms with van der Waals surface area (Å²) in [5, 5.41) is 3.23. The van der Waals surface area contributed by atoms with Crippen molar-refractivity contribution in [1.29, 1.82) is 0 Å². The van der Waals surface area contributed by atoms with E-state index in [1.807, 2.05) is 31.2 Å². The first-order valence-electron chi connectivity index (χ1n) is 10.0. The second kappa shape index (κ2) is 9.78. The number of Topliss-reactive ketones (excluding diaryl/α,β-unsaturated/α-hetero) is 1. The first kappa shape index (κ1) is 23.2. The maximum Gasteiger partial charge on any atom is 0.336 e. The van der Waals surface area contributed by atoms with E-state index >= 15 is 0 Å². The molecule has 1 heterocycles. The second-order valence-electron chi connectivity index (χ2n) is 7.72. The van der Waals surface area contributed by atoms with Crippen molar-refractivity contribution in [3.05, 3.63) is 56.8 Å². The van der Waals surface area contributed by atoms with Crippen LogP contribution in [-0.2, 0) is 28.6 Å². The molecule has 0 saturated heterocycles. The highest BCUT2D eigenvalue weighted by atomic mass is 79.9. The highest BCUT2D eigenvalue weighted by Crippen LogP contribution is 2.45. The molecule has 3 rings (SSSR count). The van der Waals surface area contributed by atoms with Gasteiger partial charge in [0.05, 0.1) is 19.3 Å². The minimum absolute atomic E-state index is 0.0962. The average molecular weight is 492 g/mol. The Kier molecular flexibility index (Phi) is 7.33. The Labute approximate surface area is 189 Å². The van der Waals surface area contributed by atoms with Crippen molar-refractivity contribution in [3.8, 4) is 0 Å². The zero-order valence-electron chi connectivity index (χ0n) is 18.0. The summed E-state index contributed by atoms with van der Waals surface area (Å²) in [6, 6.07) is 7.45. The fourth-order valence-electron chi connectivity index (χ4n) is 4.27. The predicted molar refractivity (Wildman–Crippen MR) is 117 cm³/mol. The zero-order chi connectivity index (χ0) is 22.7. The number of methoxy groups -OCH3 is 2. The van der Waals surface area contributed by atoms with Gasteiger partial charge in [-0.3, -0.25) is 9.59 Å². The molecule has 0 radical (unpaired) electrons. The fourth-order valence-corrected chi connectivity index (χ4v) is 4.68. The van der Waals surface area contributed by atoms with Crippen LogP contribution in [0.15, 0.2) is 51.3 Å². The van der Waals surface area contributed by atoms with E-state index < -0.39 is 23.8 Å². The van der Waals surface area contributed by atoms with Crippen molar-refractivity contribution in [2.24, 2.45) is 11.8 Å². The van der Waals surface area contributed by atoms with Crippen molar-refractivity contribution in [3.63, 3.8) is 0 Å². The molecule has 0 amide bonds. The summed E-state index contributed by atoms with van der Waals surface area (Å²) in [7, 11) is 2.80. The first-order valence-corrected chi connectivity index (χ1v) is 10.8.